The monoisotopic (exact) mass is 369 g/mol. The summed E-state index contributed by atoms with van der Waals surface area (Å²) in [5, 5.41) is 8.13. The van der Waals surface area contributed by atoms with Gasteiger partial charge in [-0.25, -0.2) is 4.98 Å². The maximum absolute atomic E-state index is 5.60. The van der Waals surface area contributed by atoms with Crippen LogP contribution in [-0.4, -0.2) is 29.4 Å². The molecule has 1 aromatic heterocycles. The second-order valence-electron chi connectivity index (χ2n) is 6.04. The number of thiazole rings is 1. The summed E-state index contributed by atoms with van der Waals surface area (Å²) in [5.74, 6) is 0. The third kappa shape index (κ3) is 3.98. The van der Waals surface area contributed by atoms with Gasteiger partial charge in [0, 0.05) is 24.4 Å². The normalized spacial score (nSPS) is 16.9. The van der Waals surface area contributed by atoms with E-state index >= 15 is 0 Å². The molecule has 1 saturated heterocycles. The van der Waals surface area contributed by atoms with E-state index in [9.17, 15) is 0 Å². The van der Waals surface area contributed by atoms with Crippen LogP contribution in [0.4, 0.5) is 5.69 Å². The summed E-state index contributed by atoms with van der Waals surface area (Å²) in [6, 6.07) is 16.4. The molecule has 1 fully saturated rings. The van der Waals surface area contributed by atoms with Crippen LogP contribution in [0, 0.1) is 0 Å². The lowest BCUT2D eigenvalue weighted by Gasteiger charge is -2.14. The number of hydrogen-bond donors (Lipinski definition) is 2. The third-order valence-electron chi connectivity index (χ3n) is 4.18. The van der Waals surface area contributed by atoms with Crippen molar-refractivity contribution < 1.29 is 4.74 Å². The van der Waals surface area contributed by atoms with Crippen LogP contribution >= 0.6 is 23.6 Å². The standard InChI is InChI=1S/C19H19N3OS2/c24-19(20-12-15-7-4-10-23-15)21-14-6-3-5-13(11-14)18-22-16-8-1-2-9-17(16)25-18/h1-3,5-6,8-9,11,15H,4,7,10,12H2,(H2,20,21,24)/t15-/m0/s1. The molecule has 0 radical (unpaired) electrons. The Balaban J connectivity index is 1.44. The minimum absolute atomic E-state index is 0.272. The van der Waals surface area contributed by atoms with Crippen LogP contribution < -0.4 is 10.6 Å². The van der Waals surface area contributed by atoms with Gasteiger partial charge in [-0.3, -0.25) is 0 Å². The highest BCUT2D eigenvalue weighted by molar-refractivity contribution is 7.80. The van der Waals surface area contributed by atoms with Crippen LogP contribution in [0.25, 0.3) is 20.8 Å². The lowest BCUT2D eigenvalue weighted by atomic mass is 10.2. The van der Waals surface area contributed by atoms with E-state index in [1.165, 1.54) is 4.70 Å². The van der Waals surface area contributed by atoms with E-state index in [1.54, 1.807) is 11.3 Å². The largest absolute Gasteiger partial charge is 0.376 e. The molecule has 1 atom stereocenters. The van der Waals surface area contributed by atoms with Gasteiger partial charge in [0.1, 0.15) is 5.01 Å². The Morgan fingerprint density at radius 2 is 2.16 bits per heavy atom. The summed E-state index contributed by atoms with van der Waals surface area (Å²) in [4.78, 5) is 4.72. The molecule has 0 unspecified atom stereocenters. The molecule has 25 heavy (non-hydrogen) atoms. The molecule has 4 rings (SSSR count). The van der Waals surface area contributed by atoms with Crippen LogP contribution in [0.1, 0.15) is 12.8 Å². The first-order valence-electron chi connectivity index (χ1n) is 8.40. The highest BCUT2D eigenvalue weighted by atomic mass is 32.1. The van der Waals surface area contributed by atoms with Gasteiger partial charge in [0.2, 0.25) is 0 Å². The second kappa shape index (κ2) is 7.47. The van der Waals surface area contributed by atoms with Crippen molar-refractivity contribution in [2.75, 3.05) is 18.5 Å². The van der Waals surface area contributed by atoms with Crippen molar-refractivity contribution in [1.82, 2.24) is 10.3 Å². The van der Waals surface area contributed by atoms with Crippen molar-refractivity contribution in [3.63, 3.8) is 0 Å². The maximum Gasteiger partial charge on any atom is 0.170 e. The van der Waals surface area contributed by atoms with Gasteiger partial charge in [0.05, 0.1) is 16.3 Å². The molecule has 1 aliphatic rings. The number of anilines is 1. The molecule has 2 aromatic carbocycles. The Morgan fingerprint density at radius 1 is 1.24 bits per heavy atom. The molecule has 128 valence electrons. The molecule has 0 amide bonds. The zero-order valence-corrected chi connectivity index (χ0v) is 15.3. The number of hydrogen-bond acceptors (Lipinski definition) is 4. The van der Waals surface area contributed by atoms with Crippen molar-refractivity contribution in [3.8, 4) is 10.6 Å². The van der Waals surface area contributed by atoms with Gasteiger partial charge in [-0.05, 0) is 49.3 Å². The topological polar surface area (TPSA) is 46.2 Å². The molecule has 0 aliphatic carbocycles. The van der Waals surface area contributed by atoms with Crippen molar-refractivity contribution in [1.29, 1.82) is 0 Å². The molecular weight excluding hydrogens is 350 g/mol. The SMILES string of the molecule is S=C(NC[C@@H]1CCCO1)Nc1cccc(-c2nc3ccccc3s2)c1. The fraction of sp³-hybridized carbons (Fsp3) is 0.263. The summed E-state index contributed by atoms with van der Waals surface area (Å²) < 4.78 is 6.80. The minimum Gasteiger partial charge on any atom is -0.376 e. The minimum atomic E-state index is 0.272. The first-order chi connectivity index (χ1) is 12.3. The lowest BCUT2D eigenvalue weighted by molar-refractivity contribution is 0.114. The average molecular weight is 370 g/mol. The summed E-state index contributed by atoms with van der Waals surface area (Å²) in [6.45, 7) is 1.61. The summed E-state index contributed by atoms with van der Waals surface area (Å²) in [7, 11) is 0. The molecule has 0 spiro atoms. The highest BCUT2D eigenvalue weighted by Gasteiger charge is 2.15. The molecular formula is C19H19N3OS2. The fourth-order valence-electron chi connectivity index (χ4n) is 2.91. The van der Waals surface area contributed by atoms with Crippen molar-refractivity contribution in [3.05, 3.63) is 48.5 Å². The Morgan fingerprint density at radius 3 is 3.00 bits per heavy atom. The number of thiocarbonyl (C=S) groups is 1. The van der Waals surface area contributed by atoms with Gasteiger partial charge < -0.3 is 15.4 Å². The lowest BCUT2D eigenvalue weighted by Crippen LogP contribution is -2.34. The highest BCUT2D eigenvalue weighted by Crippen LogP contribution is 2.31. The number of nitrogens with one attached hydrogen (secondary N) is 2. The van der Waals surface area contributed by atoms with Crippen molar-refractivity contribution in [2.45, 2.75) is 18.9 Å². The molecule has 1 aliphatic heterocycles. The summed E-state index contributed by atoms with van der Waals surface area (Å²) in [5.41, 5.74) is 3.09. The first kappa shape index (κ1) is 16.4. The van der Waals surface area contributed by atoms with E-state index in [4.69, 9.17) is 21.9 Å². The third-order valence-corrected chi connectivity index (χ3v) is 5.51. The van der Waals surface area contributed by atoms with E-state index in [0.29, 0.717) is 5.11 Å². The van der Waals surface area contributed by atoms with Gasteiger partial charge in [-0.2, -0.15) is 0 Å². The van der Waals surface area contributed by atoms with Gasteiger partial charge in [-0.15, -0.1) is 11.3 Å². The average Bonchev–Trinajstić information content (AvgIpc) is 3.29. The van der Waals surface area contributed by atoms with E-state index in [0.717, 1.165) is 47.8 Å². The van der Waals surface area contributed by atoms with E-state index < -0.39 is 0 Å². The molecule has 2 heterocycles. The predicted molar refractivity (Wildman–Crippen MR) is 108 cm³/mol. The Kier molecular flexibility index (Phi) is 4.92. The maximum atomic E-state index is 5.60. The number of para-hydroxylation sites is 1. The number of fused-ring (bicyclic) bond motifs is 1. The van der Waals surface area contributed by atoms with Crippen LogP contribution in [0.5, 0.6) is 0 Å². The molecule has 4 nitrogen and oxygen atoms in total. The van der Waals surface area contributed by atoms with Crippen molar-refractivity contribution in [2.24, 2.45) is 0 Å². The zero-order chi connectivity index (χ0) is 17.1. The van der Waals surface area contributed by atoms with Crippen LogP contribution in [-0.2, 0) is 4.74 Å². The van der Waals surface area contributed by atoms with Crippen molar-refractivity contribution >= 4 is 44.6 Å². The van der Waals surface area contributed by atoms with E-state index in [1.807, 2.05) is 30.3 Å². The summed E-state index contributed by atoms with van der Waals surface area (Å²) in [6.07, 6.45) is 2.51. The molecule has 6 heteroatoms. The van der Waals surface area contributed by atoms with Gasteiger partial charge in [0.15, 0.2) is 5.11 Å². The van der Waals surface area contributed by atoms with Gasteiger partial charge >= 0.3 is 0 Å². The Hall–Kier alpha value is -2.02. The quantitative estimate of drug-likeness (QED) is 0.666. The second-order valence-corrected chi connectivity index (χ2v) is 7.48. The Bertz CT molecular complexity index is 854. The Labute approximate surface area is 156 Å². The van der Waals surface area contributed by atoms with E-state index in [-0.39, 0.29) is 6.10 Å². The predicted octanol–water partition coefficient (Wildman–Crippen LogP) is 4.43. The number of ether oxygens (including phenoxy) is 1. The van der Waals surface area contributed by atoms with Gasteiger partial charge in [-0.1, -0.05) is 24.3 Å². The molecule has 3 aromatic rings. The first-order valence-corrected chi connectivity index (χ1v) is 9.63. The molecule has 2 N–H and O–H groups in total. The smallest absolute Gasteiger partial charge is 0.170 e. The van der Waals surface area contributed by atoms with Crippen LogP contribution in [0.15, 0.2) is 48.5 Å². The fourth-order valence-corrected chi connectivity index (χ4v) is 4.08. The molecule has 0 saturated carbocycles. The van der Waals surface area contributed by atoms with Crippen LogP contribution in [0.2, 0.25) is 0 Å². The number of aromatic nitrogens is 1. The zero-order valence-electron chi connectivity index (χ0n) is 13.7. The number of rotatable bonds is 4. The van der Waals surface area contributed by atoms with Gasteiger partial charge in [0.25, 0.3) is 0 Å². The molecule has 0 bridgehead atoms. The van der Waals surface area contributed by atoms with Crippen LogP contribution in [0.3, 0.4) is 0 Å². The number of benzene rings is 2. The number of nitrogens with zero attached hydrogens (tertiary/aromatic N) is 1. The summed E-state index contributed by atoms with van der Waals surface area (Å²) >= 11 is 7.09. The van der Waals surface area contributed by atoms with E-state index in [2.05, 4.69) is 28.8 Å².